The van der Waals surface area contributed by atoms with E-state index in [0.29, 0.717) is 0 Å². The van der Waals surface area contributed by atoms with Crippen LogP contribution in [0.15, 0.2) is 0 Å². The van der Waals surface area contributed by atoms with Gasteiger partial charge in [0, 0.05) is 0 Å². The molecule has 0 spiro atoms. The third kappa shape index (κ3) is 1.66. The summed E-state index contributed by atoms with van der Waals surface area (Å²) < 4.78 is 4.61. The van der Waals surface area contributed by atoms with Crippen molar-refractivity contribution in [2.24, 2.45) is 11.8 Å². The number of ether oxygens (including phenoxy) is 1. The number of amides is 1. The molecule has 0 aromatic heterocycles. The monoisotopic (exact) mass is 185 g/mol. The standard InChI is InChI=1S/C9H15NO3/c1-4-6-7(10-8(6)11)5(2)9(12)13-3/h5-7H,4H2,1-3H3,(H,10,11)/t5-,6+,7+/m0/s1. The molecule has 0 bridgehead atoms. The normalized spacial score (nSPS) is 28.7. The number of rotatable bonds is 3. The first-order chi connectivity index (χ1) is 6.11. The minimum atomic E-state index is -0.261. The van der Waals surface area contributed by atoms with E-state index in [-0.39, 0.29) is 29.8 Å². The van der Waals surface area contributed by atoms with E-state index in [0.717, 1.165) is 6.42 Å². The van der Waals surface area contributed by atoms with Crippen LogP contribution in [-0.2, 0) is 14.3 Å². The fourth-order valence-electron chi connectivity index (χ4n) is 1.68. The van der Waals surface area contributed by atoms with Crippen molar-refractivity contribution in [3.8, 4) is 0 Å². The van der Waals surface area contributed by atoms with Gasteiger partial charge in [0.25, 0.3) is 0 Å². The van der Waals surface area contributed by atoms with Gasteiger partial charge in [-0.1, -0.05) is 6.92 Å². The molecule has 0 aromatic rings. The van der Waals surface area contributed by atoms with Crippen LogP contribution in [0.4, 0.5) is 0 Å². The van der Waals surface area contributed by atoms with Gasteiger partial charge in [0.05, 0.1) is 25.0 Å². The lowest BCUT2D eigenvalue weighted by molar-refractivity contribution is -0.151. The molecular weight excluding hydrogens is 170 g/mol. The number of carbonyl (C=O) groups excluding carboxylic acids is 2. The van der Waals surface area contributed by atoms with Crippen LogP contribution in [0, 0.1) is 11.8 Å². The molecule has 1 N–H and O–H groups in total. The Morgan fingerprint density at radius 3 is 2.69 bits per heavy atom. The van der Waals surface area contributed by atoms with Crippen molar-refractivity contribution in [2.75, 3.05) is 7.11 Å². The van der Waals surface area contributed by atoms with Gasteiger partial charge in [0.2, 0.25) is 5.91 Å². The Balaban J connectivity index is 2.54. The average Bonchev–Trinajstić information content (AvgIpc) is 2.12. The number of β-lactam (4-membered cyclic amide) rings is 1. The van der Waals surface area contributed by atoms with E-state index in [1.54, 1.807) is 6.92 Å². The van der Waals surface area contributed by atoms with Crippen molar-refractivity contribution in [2.45, 2.75) is 26.3 Å². The lowest BCUT2D eigenvalue weighted by Gasteiger charge is -2.38. The third-order valence-electron chi connectivity index (χ3n) is 2.63. The van der Waals surface area contributed by atoms with E-state index >= 15 is 0 Å². The quantitative estimate of drug-likeness (QED) is 0.509. The number of carbonyl (C=O) groups is 2. The Kier molecular flexibility index (Phi) is 2.90. The molecule has 0 radical (unpaired) electrons. The highest BCUT2D eigenvalue weighted by atomic mass is 16.5. The molecule has 4 nitrogen and oxygen atoms in total. The number of esters is 1. The summed E-state index contributed by atoms with van der Waals surface area (Å²) in [5, 5.41) is 2.72. The SMILES string of the molecule is CC[C@H]1C(=O)N[C@@H]1[C@H](C)C(=O)OC. The zero-order chi connectivity index (χ0) is 10.0. The summed E-state index contributed by atoms with van der Waals surface area (Å²) in [6.07, 6.45) is 0.776. The Labute approximate surface area is 77.6 Å². The summed E-state index contributed by atoms with van der Waals surface area (Å²) in [5.74, 6) is -0.478. The van der Waals surface area contributed by atoms with Gasteiger partial charge in [-0.15, -0.1) is 0 Å². The highest BCUT2D eigenvalue weighted by Crippen LogP contribution is 2.25. The molecule has 4 heteroatoms. The average molecular weight is 185 g/mol. The first-order valence-corrected chi connectivity index (χ1v) is 4.50. The smallest absolute Gasteiger partial charge is 0.310 e. The molecule has 3 atom stereocenters. The lowest BCUT2D eigenvalue weighted by Crippen LogP contribution is -2.62. The van der Waals surface area contributed by atoms with Gasteiger partial charge in [-0.25, -0.2) is 0 Å². The summed E-state index contributed by atoms with van der Waals surface area (Å²) in [6.45, 7) is 3.72. The van der Waals surface area contributed by atoms with Crippen LogP contribution in [-0.4, -0.2) is 25.0 Å². The maximum absolute atomic E-state index is 11.1. The van der Waals surface area contributed by atoms with Crippen molar-refractivity contribution in [1.82, 2.24) is 5.32 Å². The minimum Gasteiger partial charge on any atom is -0.469 e. The van der Waals surface area contributed by atoms with E-state index < -0.39 is 0 Å². The minimum absolute atomic E-state index is 0.0194. The molecule has 1 amide bonds. The molecule has 0 aromatic carbocycles. The van der Waals surface area contributed by atoms with E-state index in [2.05, 4.69) is 10.1 Å². The fourth-order valence-corrected chi connectivity index (χ4v) is 1.68. The molecule has 74 valence electrons. The maximum Gasteiger partial charge on any atom is 0.310 e. The predicted octanol–water partition coefficient (Wildman–Crippen LogP) is 0.320. The second-order valence-corrected chi connectivity index (χ2v) is 3.36. The van der Waals surface area contributed by atoms with Crippen LogP contribution < -0.4 is 5.32 Å². The first kappa shape index (κ1) is 10.0. The highest BCUT2D eigenvalue weighted by molar-refractivity contribution is 5.88. The van der Waals surface area contributed by atoms with Gasteiger partial charge in [-0.2, -0.15) is 0 Å². The van der Waals surface area contributed by atoms with Gasteiger partial charge in [-0.3, -0.25) is 9.59 Å². The summed E-state index contributed by atoms with van der Waals surface area (Å²) >= 11 is 0. The van der Waals surface area contributed by atoms with Gasteiger partial charge in [0.15, 0.2) is 0 Å². The van der Waals surface area contributed by atoms with Crippen molar-refractivity contribution >= 4 is 11.9 Å². The molecule has 1 aliphatic rings. The molecule has 0 unspecified atom stereocenters. The highest BCUT2D eigenvalue weighted by Gasteiger charge is 2.43. The van der Waals surface area contributed by atoms with Gasteiger partial charge >= 0.3 is 5.97 Å². The third-order valence-corrected chi connectivity index (χ3v) is 2.63. The van der Waals surface area contributed by atoms with Crippen LogP contribution in [0.25, 0.3) is 0 Å². The molecule has 13 heavy (non-hydrogen) atoms. The van der Waals surface area contributed by atoms with Crippen molar-refractivity contribution in [1.29, 1.82) is 0 Å². The van der Waals surface area contributed by atoms with Crippen molar-refractivity contribution in [3.05, 3.63) is 0 Å². The Morgan fingerprint density at radius 2 is 2.31 bits per heavy atom. The second kappa shape index (κ2) is 3.77. The molecule has 1 heterocycles. The fraction of sp³-hybridized carbons (Fsp3) is 0.778. The maximum atomic E-state index is 11.1. The molecule has 1 fully saturated rings. The summed E-state index contributed by atoms with van der Waals surface area (Å²) in [7, 11) is 1.36. The zero-order valence-electron chi connectivity index (χ0n) is 8.16. The van der Waals surface area contributed by atoms with Crippen LogP contribution in [0.3, 0.4) is 0 Å². The Hall–Kier alpha value is -1.06. The second-order valence-electron chi connectivity index (χ2n) is 3.36. The molecule has 0 saturated carbocycles. The number of methoxy groups -OCH3 is 1. The summed E-state index contributed by atoms with van der Waals surface area (Å²) in [6, 6.07) is -0.0371. The summed E-state index contributed by atoms with van der Waals surface area (Å²) in [5.41, 5.74) is 0. The predicted molar refractivity (Wildman–Crippen MR) is 46.9 cm³/mol. The van der Waals surface area contributed by atoms with Crippen LogP contribution in [0.1, 0.15) is 20.3 Å². The largest absolute Gasteiger partial charge is 0.469 e. The van der Waals surface area contributed by atoms with Crippen LogP contribution in [0.2, 0.25) is 0 Å². The molecule has 1 saturated heterocycles. The van der Waals surface area contributed by atoms with Crippen molar-refractivity contribution in [3.63, 3.8) is 0 Å². The zero-order valence-corrected chi connectivity index (χ0v) is 8.16. The van der Waals surface area contributed by atoms with E-state index in [1.165, 1.54) is 7.11 Å². The Bertz CT molecular complexity index is 227. The van der Waals surface area contributed by atoms with Gasteiger partial charge in [-0.05, 0) is 13.3 Å². The molecule has 1 aliphatic heterocycles. The van der Waals surface area contributed by atoms with Crippen molar-refractivity contribution < 1.29 is 14.3 Å². The van der Waals surface area contributed by atoms with E-state index in [4.69, 9.17) is 0 Å². The number of hydrogen-bond donors (Lipinski definition) is 1. The van der Waals surface area contributed by atoms with E-state index in [9.17, 15) is 9.59 Å². The van der Waals surface area contributed by atoms with Gasteiger partial charge in [0.1, 0.15) is 0 Å². The molecule has 0 aliphatic carbocycles. The van der Waals surface area contributed by atoms with Crippen LogP contribution in [0.5, 0.6) is 0 Å². The lowest BCUT2D eigenvalue weighted by atomic mass is 9.80. The topological polar surface area (TPSA) is 55.4 Å². The molecule has 1 rings (SSSR count). The number of hydrogen-bond acceptors (Lipinski definition) is 3. The summed E-state index contributed by atoms with van der Waals surface area (Å²) in [4.78, 5) is 22.2. The van der Waals surface area contributed by atoms with Crippen LogP contribution >= 0.6 is 0 Å². The number of nitrogens with one attached hydrogen (secondary N) is 1. The Morgan fingerprint density at radius 1 is 1.69 bits per heavy atom. The molecular formula is C9H15NO3. The van der Waals surface area contributed by atoms with Gasteiger partial charge < -0.3 is 10.1 Å². The van der Waals surface area contributed by atoms with E-state index in [1.807, 2.05) is 6.92 Å². The first-order valence-electron chi connectivity index (χ1n) is 4.50.